The molecule has 0 bridgehead atoms. The average molecular weight is 383 g/mol. The van der Waals surface area contributed by atoms with Gasteiger partial charge in [0, 0.05) is 19.6 Å². The zero-order valence-corrected chi connectivity index (χ0v) is 16.5. The lowest BCUT2D eigenvalue weighted by Gasteiger charge is -2.31. The van der Waals surface area contributed by atoms with E-state index in [4.69, 9.17) is 0 Å². The predicted octanol–water partition coefficient (Wildman–Crippen LogP) is 3.65. The smallest absolute Gasteiger partial charge is 0.244 e. The molecule has 2 heterocycles. The Morgan fingerprint density at radius 3 is 2.48 bits per heavy atom. The number of likely N-dealkylation sites (tertiary alicyclic amines) is 1. The first-order valence-electron chi connectivity index (χ1n) is 9.50. The van der Waals surface area contributed by atoms with Crippen molar-refractivity contribution in [3.8, 4) is 0 Å². The first-order valence-corrected chi connectivity index (χ1v) is 10.9. The topological polar surface area (TPSA) is 40.6 Å². The van der Waals surface area contributed by atoms with E-state index in [-0.39, 0.29) is 12.1 Å². The van der Waals surface area contributed by atoms with Gasteiger partial charge in [0.2, 0.25) is 10.0 Å². The second kappa shape index (κ2) is 7.23. The van der Waals surface area contributed by atoms with Gasteiger partial charge < -0.3 is 0 Å². The summed E-state index contributed by atoms with van der Waals surface area (Å²) in [6.07, 6.45) is 2.85. The van der Waals surface area contributed by atoms with E-state index in [0.717, 1.165) is 25.1 Å². The molecule has 0 aliphatic carbocycles. The molecule has 4 rings (SSSR count). The van der Waals surface area contributed by atoms with Crippen molar-refractivity contribution in [1.29, 1.82) is 0 Å². The van der Waals surface area contributed by atoms with Gasteiger partial charge in [-0.25, -0.2) is 8.42 Å². The Hall–Kier alpha value is -1.95. The molecule has 5 heteroatoms. The zero-order chi connectivity index (χ0) is 19.0. The molecule has 0 saturated carbocycles. The van der Waals surface area contributed by atoms with Crippen LogP contribution in [0.3, 0.4) is 0 Å². The molecule has 2 aliphatic rings. The number of sulfonamides is 1. The molecule has 0 spiro atoms. The SMILES string of the molecule is C=C[C@@H]1CN(S(=O)(=O)c2ccc(C)cc2)[C@@H]2[C@H]1CCN2Cc1ccccc1. The van der Waals surface area contributed by atoms with Gasteiger partial charge in [0.25, 0.3) is 0 Å². The van der Waals surface area contributed by atoms with Crippen LogP contribution in [0.1, 0.15) is 17.5 Å². The molecule has 0 radical (unpaired) electrons. The van der Waals surface area contributed by atoms with Crippen LogP contribution in [0.4, 0.5) is 0 Å². The average Bonchev–Trinajstić information content (AvgIpc) is 3.24. The van der Waals surface area contributed by atoms with Crippen LogP contribution >= 0.6 is 0 Å². The minimum Gasteiger partial charge on any atom is -0.282 e. The van der Waals surface area contributed by atoms with Crippen molar-refractivity contribution in [3.05, 3.63) is 78.4 Å². The van der Waals surface area contributed by atoms with Crippen molar-refractivity contribution in [2.45, 2.75) is 31.0 Å². The standard InChI is InChI=1S/C22H26N2O2S/c1-3-19-16-24(27(25,26)20-11-9-17(2)10-12-20)22-21(19)13-14-23(22)15-18-7-5-4-6-8-18/h3-12,19,21-22H,1,13-16H2,2H3/t19-,21+,22-/m1/s1. The molecule has 3 atom stereocenters. The van der Waals surface area contributed by atoms with Crippen LogP contribution in [0.5, 0.6) is 0 Å². The highest BCUT2D eigenvalue weighted by Gasteiger charge is 2.51. The van der Waals surface area contributed by atoms with E-state index < -0.39 is 10.0 Å². The summed E-state index contributed by atoms with van der Waals surface area (Å²) in [5.74, 6) is 0.516. The number of benzene rings is 2. The second-order valence-electron chi connectivity index (χ2n) is 7.61. The first-order chi connectivity index (χ1) is 13.0. The lowest BCUT2D eigenvalue weighted by molar-refractivity contribution is 0.149. The number of fused-ring (bicyclic) bond motifs is 1. The van der Waals surface area contributed by atoms with Gasteiger partial charge in [0.05, 0.1) is 11.1 Å². The summed E-state index contributed by atoms with van der Waals surface area (Å²) >= 11 is 0. The Balaban J connectivity index is 1.66. The van der Waals surface area contributed by atoms with Crippen molar-refractivity contribution in [1.82, 2.24) is 9.21 Å². The number of hydrogen-bond donors (Lipinski definition) is 0. The molecule has 0 amide bonds. The maximum Gasteiger partial charge on any atom is 0.244 e. The monoisotopic (exact) mass is 382 g/mol. The third-order valence-corrected chi connectivity index (χ3v) is 7.75. The van der Waals surface area contributed by atoms with Crippen LogP contribution in [-0.2, 0) is 16.6 Å². The third-order valence-electron chi connectivity index (χ3n) is 5.90. The summed E-state index contributed by atoms with van der Waals surface area (Å²) < 4.78 is 28.5. The minimum absolute atomic E-state index is 0.0977. The largest absolute Gasteiger partial charge is 0.282 e. The molecule has 0 unspecified atom stereocenters. The fourth-order valence-corrected chi connectivity index (χ4v) is 6.17. The molecule has 142 valence electrons. The highest BCUT2D eigenvalue weighted by molar-refractivity contribution is 7.89. The van der Waals surface area contributed by atoms with Crippen molar-refractivity contribution >= 4 is 10.0 Å². The summed E-state index contributed by atoms with van der Waals surface area (Å²) in [7, 11) is -3.53. The normalized spacial score (nSPS) is 26.2. The molecule has 4 nitrogen and oxygen atoms in total. The Kier molecular flexibility index (Phi) is 4.93. The van der Waals surface area contributed by atoms with E-state index in [2.05, 4.69) is 23.6 Å². The summed E-state index contributed by atoms with van der Waals surface area (Å²) in [5, 5.41) is 0. The van der Waals surface area contributed by atoms with Gasteiger partial charge in [-0.1, -0.05) is 54.1 Å². The summed E-state index contributed by atoms with van der Waals surface area (Å²) in [5.41, 5.74) is 2.27. The van der Waals surface area contributed by atoms with Gasteiger partial charge in [0.15, 0.2) is 0 Å². The van der Waals surface area contributed by atoms with Crippen molar-refractivity contribution < 1.29 is 8.42 Å². The Labute approximate surface area is 162 Å². The predicted molar refractivity (Wildman–Crippen MR) is 108 cm³/mol. The maximum atomic E-state index is 13.4. The highest BCUT2D eigenvalue weighted by atomic mass is 32.2. The molecule has 2 saturated heterocycles. The number of nitrogens with zero attached hydrogens (tertiary/aromatic N) is 2. The number of hydrogen-bond acceptors (Lipinski definition) is 3. The number of aryl methyl sites for hydroxylation is 1. The molecule has 2 fully saturated rings. The Morgan fingerprint density at radius 1 is 1.11 bits per heavy atom. The van der Waals surface area contributed by atoms with Crippen LogP contribution in [-0.4, -0.2) is 36.9 Å². The molecule has 2 aromatic rings. The first kappa shape index (κ1) is 18.4. The van der Waals surface area contributed by atoms with Crippen molar-refractivity contribution in [2.24, 2.45) is 11.8 Å². The van der Waals surface area contributed by atoms with Gasteiger partial charge in [0.1, 0.15) is 0 Å². The molecule has 2 aromatic carbocycles. The van der Waals surface area contributed by atoms with Crippen LogP contribution in [0.15, 0.2) is 72.1 Å². The molecule has 0 aromatic heterocycles. The van der Waals surface area contributed by atoms with Crippen molar-refractivity contribution in [3.63, 3.8) is 0 Å². The van der Waals surface area contributed by atoms with Gasteiger partial charge >= 0.3 is 0 Å². The van der Waals surface area contributed by atoms with E-state index in [0.29, 0.717) is 17.4 Å². The van der Waals surface area contributed by atoms with Crippen LogP contribution < -0.4 is 0 Å². The lowest BCUT2D eigenvalue weighted by atomic mass is 9.94. The summed E-state index contributed by atoms with van der Waals surface area (Å²) in [6, 6.07) is 17.4. The van der Waals surface area contributed by atoms with Crippen molar-refractivity contribution in [2.75, 3.05) is 13.1 Å². The van der Waals surface area contributed by atoms with E-state index in [9.17, 15) is 8.42 Å². The Bertz CT molecular complexity index is 909. The molecular formula is C22H26N2O2S. The van der Waals surface area contributed by atoms with Crippen LogP contribution in [0.2, 0.25) is 0 Å². The van der Waals surface area contributed by atoms with E-state index in [1.54, 1.807) is 16.4 Å². The van der Waals surface area contributed by atoms with Gasteiger partial charge in [-0.3, -0.25) is 4.90 Å². The van der Waals surface area contributed by atoms with Crippen LogP contribution in [0.25, 0.3) is 0 Å². The lowest BCUT2D eigenvalue weighted by Crippen LogP contribution is -2.45. The summed E-state index contributed by atoms with van der Waals surface area (Å²) in [6.45, 7) is 8.13. The fraction of sp³-hybridized carbons (Fsp3) is 0.364. The molecular weight excluding hydrogens is 356 g/mol. The molecule has 2 aliphatic heterocycles. The summed E-state index contributed by atoms with van der Waals surface area (Å²) in [4.78, 5) is 2.69. The van der Waals surface area contributed by atoms with E-state index in [1.807, 2.05) is 43.3 Å². The quantitative estimate of drug-likeness (QED) is 0.741. The van der Waals surface area contributed by atoms with Crippen LogP contribution in [0, 0.1) is 18.8 Å². The Morgan fingerprint density at radius 2 is 1.81 bits per heavy atom. The molecule has 27 heavy (non-hydrogen) atoms. The zero-order valence-electron chi connectivity index (χ0n) is 15.7. The molecule has 0 N–H and O–H groups in total. The highest BCUT2D eigenvalue weighted by Crippen LogP contribution is 2.43. The van der Waals surface area contributed by atoms with E-state index >= 15 is 0 Å². The van der Waals surface area contributed by atoms with Gasteiger partial charge in [-0.05, 0) is 42.9 Å². The maximum absolute atomic E-state index is 13.4. The van der Waals surface area contributed by atoms with Gasteiger partial charge in [-0.2, -0.15) is 4.31 Å². The third kappa shape index (κ3) is 3.35. The fourth-order valence-electron chi connectivity index (χ4n) is 4.47. The minimum atomic E-state index is -3.53. The van der Waals surface area contributed by atoms with Gasteiger partial charge in [-0.15, -0.1) is 6.58 Å². The van der Waals surface area contributed by atoms with E-state index in [1.165, 1.54) is 5.56 Å². The number of rotatable bonds is 5. The second-order valence-corrected chi connectivity index (χ2v) is 9.50.